The molecule has 1 saturated carbocycles. The number of rotatable bonds is 6. The molecule has 8 heteroatoms. The number of nitrogens with one attached hydrogen (secondary N) is 2. The number of benzene rings is 1. The zero-order chi connectivity index (χ0) is 23.1. The van der Waals surface area contributed by atoms with Crippen molar-refractivity contribution in [3.05, 3.63) is 57.7 Å². The van der Waals surface area contributed by atoms with Crippen molar-refractivity contribution in [2.45, 2.75) is 51.0 Å². The third-order valence-electron chi connectivity index (χ3n) is 7.01. The molecule has 3 aliphatic rings. The number of carbonyl (C=O) groups is 3. The fraction of sp³-hybridized carbons (Fsp3) is 0.400. The van der Waals surface area contributed by atoms with Crippen molar-refractivity contribution in [1.29, 1.82) is 0 Å². The smallest absolute Gasteiger partial charge is 0.306 e. The Kier molecular flexibility index (Phi) is 5.78. The summed E-state index contributed by atoms with van der Waals surface area (Å²) < 4.78 is 13.2. The maximum absolute atomic E-state index is 13.2. The second kappa shape index (κ2) is 8.74. The molecule has 1 atom stereocenters. The fourth-order valence-corrected chi connectivity index (χ4v) is 6.53. The molecule has 0 aliphatic heterocycles. The normalized spacial score (nSPS) is 23.1. The Labute approximate surface area is 194 Å². The highest BCUT2D eigenvalue weighted by Crippen LogP contribution is 2.59. The minimum absolute atomic E-state index is 0.146. The van der Waals surface area contributed by atoms with Gasteiger partial charge in [0, 0.05) is 28.8 Å². The predicted octanol–water partition coefficient (Wildman–Crippen LogP) is 4.92. The highest BCUT2D eigenvalue weighted by atomic mass is 32.1. The minimum atomic E-state index is -0.799. The summed E-state index contributed by atoms with van der Waals surface area (Å²) in [6.07, 6.45) is 6.26. The lowest BCUT2D eigenvalue weighted by Gasteiger charge is -2.26. The van der Waals surface area contributed by atoms with E-state index in [4.69, 9.17) is 0 Å². The minimum Gasteiger partial charge on any atom is -0.481 e. The third kappa shape index (κ3) is 4.08. The Morgan fingerprint density at radius 3 is 2.42 bits per heavy atom. The molecule has 2 amide bonds. The van der Waals surface area contributed by atoms with E-state index in [1.807, 2.05) is 0 Å². The van der Waals surface area contributed by atoms with Crippen LogP contribution < -0.4 is 10.6 Å². The first-order chi connectivity index (χ1) is 15.9. The van der Waals surface area contributed by atoms with Crippen LogP contribution in [-0.2, 0) is 16.1 Å². The molecule has 172 valence electrons. The summed E-state index contributed by atoms with van der Waals surface area (Å²) in [6.45, 7) is 0.263. The maximum Gasteiger partial charge on any atom is 0.306 e. The summed E-state index contributed by atoms with van der Waals surface area (Å²) in [4.78, 5) is 38.5. The molecule has 0 spiro atoms. The van der Waals surface area contributed by atoms with Gasteiger partial charge >= 0.3 is 5.97 Å². The molecule has 3 aliphatic carbocycles. The molecule has 1 fully saturated rings. The Morgan fingerprint density at radius 1 is 1.03 bits per heavy atom. The fourth-order valence-electron chi connectivity index (χ4n) is 5.15. The number of halogens is 1. The Hall–Kier alpha value is -3.00. The summed E-state index contributed by atoms with van der Waals surface area (Å²) in [5, 5.41) is 15.7. The van der Waals surface area contributed by atoms with Gasteiger partial charge in [-0.1, -0.05) is 18.2 Å². The summed E-state index contributed by atoms with van der Waals surface area (Å²) in [5.41, 5.74) is 3.44. The zero-order valence-corrected chi connectivity index (χ0v) is 18.8. The Balaban J connectivity index is 1.33. The zero-order valence-electron chi connectivity index (χ0n) is 18.0. The average molecular weight is 469 g/mol. The van der Waals surface area contributed by atoms with Gasteiger partial charge in [0.05, 0.1) is 11.5 Å². The van der Waals surface area contributed by atoms with Crippen molar-refractivity contribution >= 4 is 39.7 Å². The lowest BCUT2D eigenvalue weighted by molar-refractivity contribution is -0.143. The maximum atomic E-state index is 13.2. The van der Waals surface area contributed by atoms with Crippen molar-refractivity contribution in [3.8, 4) is 0 Å². The van der Waals surface area contributed by atoms with Crippen molar-refractivity contribution < 1.29 is 23.9 Å². The number of carbonyl (C=O) groups excluding carboxylic acids is 2. The predicted molar refractivity (Wildman–Crippen MR) is 124 cm³/mol. The van der Waals surface area contributed by atoms with E-state index in [9.17, 15) is 23.9 Å². The van der Waals surface area contributed by atoms with Crippen LogP contribution >= 0.6 is 11.3 Å². The molecule has 0 saturated heterocycles. The molecule has 1 aromatic carbocycles. The van der Waals surface area contributed by atoms with Gasteiger partial charge in [-0.05, 0) is 61.8 Å². The first kappa shape index (κ1) is 21.8. The van der Waals surface area contributed by atoms with Gasteiger partial charge in [0.1, 0.15) is 10.8 Å². The molecular formula is C25H25FN2O4S. The van der Waals surface area contributed by atoms with E-state index >= 15 is 0 Å². The number of anilines is 1. The largest absolute Gasteiger partial charge is 0.481 e. The standard InChI is InChI=1S/C25H25FN2O4S/c26-16-10-4-13(5-11-16)12-27-23(30)20-19-17-2-1-3-18(17)21(19)33-24(20)28-22(29)14-6-8-15(9-7-14)25(31)32/h2,4-5,10-11,14-15,18H,1,3,6-9,12H2,(H,27,30)(H,28,29)(H,31,32). The summed E-state index contributed by atoms with van der Waals surface area (Å²) in [5.74, 6) is -1.80. The number of fused-ring (bicyclic) bond motifs is 4. The van der Waals surface area contributed by atoms with E-state index in [0.29, 0.717) is 42.2 Å². The highest BCUT2D eigenvalue weighted by molar-refractivity contribution is 7.17. The van der Waals surface area contributed by atoms with E-state index in [0.717, 1.165) is 28.8 Å². The van der Waals surface area contributed by atoms with Gasteiger partial charge in [0.2, 0.25) is 5.91 Å². The van der Waals surface area contributed by atoms with Gasteiger partial charge in [-0.3, -0.25) is 14.4 Å². The number of carboxylic acid groups (broad SMARTS) is 1. The lowest BCUT2D eigenvalue weighted by Crippen LogP contribution is -2.30. The van der Waals surface area contributed by atoms with Gasteiger partial charge in [-0.15, -0.1) is 11.3 Å². The van der Waals surface area contributed by atoms with Crippen LogP contribution in [0.15, 0.2) is 30.3 Å². The molecule has 5 rings (SSSR count). The topological polar surface area (TPSA) is 95.5 Å². The van der Waals surface area contributed by atoms with E-state index < -0.39 is 5.97 Å². The number of amides is 2. The van der Waals surface area contributed by atoms with Crippen molar-refractivity contribution in [2.75, 3.05) is 5.32 Å². The van der Waals surface area contributed by atoms with Crippen LogP contribution in [0, 0.1) is 17.7 Å². The van der Waals surface area contributed by atoms with Gasteiger partial charge in [-0.25, -0.2) is 4.39 Å². The van der Waals surface area contributed by atoms with Crippen LogP contribution in [0.1, 0.15) is 70.8 Å². The van der Waals surface area contributed by atoms with E-state index in [1.54, 1.807) is 12.1 Å². The first-order valence-corrected chi connectivity index (χ1v) is 12.2. The van der Waals surface area contributed by atoms with Crippen LogP contribution in [0.2, 0.25) is 0 Å². The summed E-state index contributed by atoms with van der Waals surface area (Å²) in [7, 11) is 0. The second-order valence-corrected chi connectivity index (χ2v) is 10.1. The van der Waals surface area contributed by atoms with Crippen LogP contribution in [0.5, 0.6) is 0 Å². The number of hydrogen-bond acceptors (Lipinski definition) is 4. The SMILES string of the molecule is O=C(NCc1ccc(F)cc1)c1c(NC(=O)C2CCC(C(=O)O)CC2)sc2c1C1=CCCC12. The molecular weight excluding hydrogens is 443 g/mol. The van der Waals surface area contributed by atoms with Crippen molar-refractivity contribution in [1.82, 2.24) is 5.32 Å². The van der Waals surface area contributed by atoms with Crippen LogP contribution in [0.25, 0.3) is 5.57 Å². The second-order valence-electron chi connectivity index (χ2n) is 9.02. The molecule has 1 unspecified atom stereocenters. The summed E-state index contributed by atoms with van der Waals surface area (Å²) >= 11 is 1.48. The van der Waals surface area contributed by atoms with Gasteiger partial charge in [0.25, 0.3) is 5.91 Å². The van der Waals surface area contributed by atoms with E-state index in [2.05, 4.69) is 16.7 Å². The summed E-state index contributed by atoms with van der Waals surface area (Å²) in [6, 6.07) is 5.98. The molecule has 33 heavy (non-hydrogen) atoms. The van der Waals surface area contributed by atoms with Gasteiger partial charge in [-0.2, -0.15) is 0 Å². The van der Waals surface area contributed by atoms with Crippen LogP contribution in [0.3, 0.4) is 0 Å². The molecule has 0 radical (unpaired) electrons. The Bertz CT molecular complexity index is 1150. The van der Waals surface area contributed by atoms with E-state index in [-0.39, 0.29) is 36.0 Å². The highest BCUT2D eigenvalue weighted by Gasteiger charge is 2.42. The van der Waals surface area contributed by atoms with Crippen molar-refractivity contribution in [2.24, 2.45) is 11.8 Å². The molecule has 0 bridgehead atoms. The van der Waals surface area contributed by atoms with E-state index in [1.165, 1.54) is 29.0 Å². The third-order valence-corrected chi connectivity index (χ3v) is 8.23. The van der Waals surface area contributed by atoms with Gasteiger partial charge < -0.3 is 15.7 Å². The van der Waals surface area contributed by atoms with Crippen LogP contribution in [-0.4, -0.2) is 22.9 Å². The monoisotopic (exact) mass is 468 g/mol. The number of thiophene rings is 1. The molecule has 2 aromatic rings. The van der Waals surface area contributed by atoms with Crippen molar-refractivity contribution in [3.63, 3.8) is 0 Å². The quantitative estimate of drug-likeness (QED) is 0.561. The van der Waals surface area contributed by atoms with Gasteiger partial charge in [0.15, 0.2) is 0 Å². The first-order valence-electron chi connectivity index (χ1n) is 11.4. The number of allylic oxidation sites excluding steroid dienone is 2. The molecule has 1 heterocycles. The average Bonchev–Trinajstić information content (AvgIpc) is 3.36. The lowest BCUT2D eigenvalue weighted by atomic mass is 9.78. The molecule has 3 N–H and O–H groups in total. The van der Waals surface area contributed by atoms with Crippen LogP contribution in [0.4, 0.5) is 9.39 Å². The molecule has 6 nitrogen and oxygen atoms in total. The number of hydrogen-bond donors (Lipinski definition) is 3. The Morgan fingerprint density at radius 2 is 1.73 bits per heavy atom. The molecule has 1 aromatic heterocycles. The number of carboxylic acids is 1. The number of aliphatic carboxylic acids is 1.